The Balaban J connectivity index is 1.98. The van der Waals surface area contributed by atoms with E-state index < -0.39 is 5.97 Å². The van der Waals surface area contributed by atoms with Gasteiger partial charge in [0.15, 0.2) is 0 Å². The molecule has 0 radical (unpaired) electrons. The molecule has 2 aromatic rings. The second-order valence-corrected chi connectivity index (χ2v) is 5.60. The first-order chi connectivity index (χ1) is 9.70. The first-order valence-electron chi connectivity index (χ1n) is 7.28. The highest BCUT2D eigenvalue weighted by Gasteiger charge is 2.25. The first-order valence-corrected chi connectivity index (χ1v) is 7.28. The molecule has 1 fully saturated rings. The van der Waals surface area contributed by atoms with Crippen LogP contribution >= 0.6 is 0 Å². The molecule has 1 aliphatic carbocycles. The molecule has 1 aromatic carbocycles. The fourth-order valence-corrected chi connectivity index (χ4v) is 3.22. The van der Waals surface area contributed by atoms with Gasteiger partial charge in [0, 0.05) is 0 Å². The topological polar surface area (TPSA) is 68.0 Å². The summed E-state index contributed by atoms with van der Waals surface area (Å²) in [6, 6.07) is 5.45. The van der Waals surface area contributed by atoms with Crippen molar-refractivity contribution in [3.05, 3.63) is 23.8 Å². The molecule has 1 N–H and O–H groups in total. The molecule has 0 bridgehead atoms. The van der Waals surface area contributed by atoms with Crippen molar-refractivity contribution in [1.82, 2.24) is 15.0 Å². The highest BCUT2D eigenvalue weighted by Crippen LogP contribution is 2.35. The van der Waals surface area contributed by atoms with E-state index in [1.165, 1.54) is 19.3 Å². The molecule has 1 saturated carbocycles. The quantitative estimate of drug-likeness (QED) is 0.931. The lowest BCUT2D eigenvalue weighted by atomic mass is 9.84. The summed E-state index contributed by atoms with van der Waals surface area (Å²) in [5.74, 6) is -0.110. The van der Waals surface area contributed by atoms with E-state index in [0.717, 1.165) is 18.8 Å². The van der Waals surface area contributed by atoms with Gasteiger partial charge in [-0.3, -0.25) is 0 Å². The summed E-state index contributed by atoms with van der Waals surface area (Å²) in [4.78, 5) is 11.4. The van der Waals surface area contributed by atoms with E-state index in [0.29, 0.717) is 16.6 Å². The summed E-state index contributed by atoms with van der Waals surface area (Å²) in [5, 5.41) is 17.7. The lowest BCUT2D eigenvalue weighted by Gasteiger charge is -2.28. The van der Waals surface area contributed by atoms with Gasteiger partial charge in [-0.1, -0.05) is 24.6 Å². The maximum atomic E-state index is 11.4. The van der Waals surface area contributed by atoms with Crippen LogP contribution in [0.2, 0.25) is 0 Å². The van der Waals surface area contributed by atoms with Crippen molar-refractivity contribution in [1.29, 1.82) is 0 Å². The zero-order chi connectivity index (χ0) is 14.1. The fourth-order valence-electron chi connectivity index (χ4n) is 3.22. The Labute approximate surface area is 117 Å². The van der Waals surface area contributed by atoms with E-state index >= 15 is 0 Å². The molecule has 0 saturated heterocycles. The number of nitrogens with zero attached hydrogens (tertiary/aromatic N) is 3. The lowest BCUT2D eigenvalue weighted by Crippen LogP contribution is -2.19. The normalized spacial score (nSPS) is 23.1. The monoisotopic (exact) mass is 273 g/mol. The summed E-state index contributed by atoms with van der Waals surface area (Å²) >= 11 is 0. The van der Waals surface area contributed by atoms with E-state index in [-0.39, 0.29) is 6.04 Å². The van der Waals surface area contributed by atoms with Crippen LogP contribution in [0.15, 0.2) is 18.2 Å². The number of fused-ring (bicyclic) bond motifs is 1. The van der Waals surface area contributed by atoms with Gasteiger partial charge in [0.2, 0.25) is 0 Å². The highest BCUT2D eigenvalue weighted by molar-refractivity contribution is 6.00. The van der Waals surface area contributed by atoms with E-state index in [2.05, 4.69) is 17.2 Å². The van der Waals surface area contributed by atoms with Gasteiger partial charge in [0.1, 0.15) is 11.0 Å². The van der Waals surface area contributed by atoms with Crippen molar-refractivity contribution < 1.29 is 9.90 Å². The van der Waals surface area contributed by atoms with E-state index in [1.54, 1.807) is 12.1 Å². The highest BCUT2D eigenvalue weighted by atomic mass is 16.4. The molecule has 3 rings (SSSR count). The van der Waals surface area contributed by atoms with Gasteiger partial charge in [-0.25, -0.2) is 9.48 Å². The average molecular weight is 273 g/mol. The molecule has 0 atom stereocenters. The molecule has 0 amide bonds. The number of rotatable bonds is 3. The van der Waals surface area contributed by atoms with Gasteiger partial charge in [0.25, 0.3) is 0 Å². The van der Waals surface area contributed by atoms with Gasteiger partial charge in [-0.15, -0.1) is 5.10 Å². The van der Waals surface area contributed by atoms with Crippen LogP contribution in [0.1, 0.15) is 55.4 Å². The van der Waals surface area contributed by atoms with Crippen molar-refractivity contribution in [2.75, 3.05) is 0 Å². The molecule has 1 aliphatic rings. The molecular formula is C15H19N3O2. The second-order valence-electron chi connectivity index (χ2n) is 5.60. The summed E-state index contributed by atoms with van der Waals surface area (Å²) in [6.45, 7) is 2.23. The molecule has 106 valence electrons. The van der Waals surface area contributed by atoms with Crippen LogP contribution < -0.4 is 0 Å². The molecular weight excluding hydrogens is 254 g/mol. The largest absolute Gasteiger partial charge is 0.478 e. The van der Waals surface area contributed by atoms with Gasteiger partial charge < -0.3 is 5.11 Å². The van der Waals surface area contributed by atoms with E-state index in [4.69, 9.17) is 0 Å². The second kappa shape index (κ2) is 5.23. The Morgan fingerprint density at radius 1 is 1.35 bits per heavy atom. The third-order valence-electron chi connectivity index (χ3n) is 4.46. The van der Waals surface area contributed by atoms with Gasteiger partial charge in [-0.2, -0.15) is 0 Å². The Kier molecular flexibility index (Phi) is 3.42. The van der Waals surface area contributed by atoms with Gasteiger partial charge in [0.05, 0.1) is 11.6 Å². The summed E-state index contributed by atoms with van der Waals surface area (Å²) in [5.41, 5.74) is 1.63. The van der Waals surface area contributed by atoms with Crippen LogP contribution in [-0.2, 0) is 0 Å². The third-order valence-corrected chi connectivity index (χ3v) is 4.46. The third kappa shape index (κ3) is 2.17. The van der Waals surface area contributed by atoms with Crippen molar-refractivity contribution in [2.24, 2.45) is 5.92 Å². The molecule has 0 spiro atoms. The fraction of sp³-hybridized carbons (Fsp3) is 0.533. The number of carboxylic acid groups (broad SMARTS) is 1. The number of hydrogen-bond acceptors (Lipinski definition) is 3. The molecule has 1 heterocycles. The maximum Gasteiger partial charge on any atom is 0.337 e. The predicted octanol–water partition coefficient (Wildman–Crippen LogP) is 3.27. The van der Waals surface area contributed by atoms with Crippen LogP contribution in [0.5, 0.6) is 0 Å². The number of benzene rings is 1. The number of aromatic nitrogens is 3. The molecule has 5 nitrogen and oxygen atoms in total. The van der Waals surface area contributed by atoms with Crippen LogP contribution in [0.3, 0.4) is 0 Å². The molecule has 5 heteroatoms. The number of carbonyl (C=O) groups is 1. The number of para-hydroxylation sites is 1. The zero-order valence-corrected chi connectivity index (χ0v) is 11.6. The molecule has 1 aromatic heterocycles. The Bertz CT molecular complexity index is 627. The van der Waals surface area contributed by atoms with Gasteiger partial charge in [-0.05, 0) is 43.7 Å². The summed E-state index contributed by atoms with van der Waals surface area (Å²) < 4.78 is 1.84. The average Bonchev–Trinajstić information content (AvgIpc) is 2.91. The number of aromatic carboxylic acids is 1. The summed E-state index contributed by atoms with van der Waals surface area (Å²) in [6.07, 6.45) is 5.73. The molecule has 0 unspecified atom stereocenters. The van der Waals surface area contributed by atoms with Crippen LogP contribution in [0, 0.1) is 5.92 Å². The minimum absolute atomic E-state index is 0.281. The minimum Gasteiger partial charge on any atom is -0.478 e. The molecule has 0 aliphatic heterocycles. The number of carboxylic acids is 1. The SMILES string of the molecule is CCC1CCC(n2nnc3cccc(C(=O)O)c32)CC1. The van der Waals surface area contributed by atoms with Crippen molar-refractivity contribution in [2.45, 2.75) is 45.1 Å². The lowest BCUT2D eigenvalue weighted by molar-refractivity contribution is 0.0698. The molecule has 20 heavy (non-hydrogen) atoms. The number of hydrogen-bond donors (Lipinski definition) is 1. The maximum absolute atomic E-state index is 11.4. The van der Waals surface area contributed by atoms with Crippen molar-refractivity contribution >= 4 is 17.0 Å². The van der Waals surface area contributed by atoms with Crippen LogP contribution in [0.25, 0.3) is 11.0 Å². The van der Waals surface area contributed by atoms with Crippen molar-refractivity contribution in [3.63, 3.8) is 0 Å². The van der Waals surface area contributed by atoms with Crippen LogP contribution in [0.4, 0.5) is 0 Å². The minimum atomic E-state index is -0.915. The Hall–Kier alpha value is -1.91. The van der Waals surface area contributed by atoms with Crippen molar-refractivity contribution in [3.8, 4) is 0 Å². The Morgan fingerprint density at radius 3 is 2.75 bits per heavy atom. The predicted molar refractivity (Wildman–Crippen MR) is 75.8 cm³/mol. The Morgan fingerprint density at radius 2 is 2.10 bits per heavy atom. The van der Waals surface area contributed by atoms with E-state index in [9.17, 15) is 9.90 Å². The standard InChI is InChI=1S/C15H19N3O2/c1-2-10-6-8-11(9-7-10)18-14-12(15(19)20)4-3-5-13(14)16-17-18/h3-5,10-11H,2,6-9H2,1H3,(H,19,20). The van der Waals surface area contributed by atoms with E-state index in [1.807, 2.05) is 10.7 Å². The smallest absolute Gasteiger partial charge is 0.337 e. The van der Waals surface area contributed by atoms with Crippen LogP contribution in [-0.4, -0.2) is 26.1 Å². The van der Waals surface area contributed by atoms with Gasteiger partial charge >= 0.3 is 5.97 Å². The first kappa shape index (κ1) is 13.1. The zero-order valence-electron chi connectivity index (χ0n) is 11.6. The summed E-state index contributed by atoms with van der Waals surface area (Å²) in [7, 11) is 0.